The summed E-state index contributed by atoms with van der Waals surface area (Å²) in [5, 5.41) is 20.4. The molecule has 0 saturated carbocycles. The summed E-state index contributed by atoms with van der Waals surface area (Å²) in [6.07, 6.45) is 1.52. The number of carbonyl (C=O) groups is 2. The van der Waals surface area contributed by atoms with Crippen molar-refractivity contribution in [1.82, 2.24) is 4.90 Å². The van der Waals surface area contributed by atoms with Gasteiger partial charge in [-0.15, -0.1) is 0 Å². The smallest absolute Gasteiger partial charge is 0.293 e. The lowest BCUT2D eigenvalue weighted by atomic mass is 10.1. The number of phenolic OH excluding ortho intramolecular Hbond substituents is 1. The van der Waals surface area contributed by atoms with Crippen LogP contribution < -0.4 is 4.74 Å². The Morgan fingerprint density at radius 1 is 1.25 bits per heavy atom. The first-order valence-electron chi connectivity index (χ1n) is 8.34. The lowest BCUT2D eigenvalue weighted by Crippen LogP contribution is -2.27. The third-order valence-electron chi connectivity index (χ3n) is 3.97. The molecule has 1 aliphatic rings. The summed E-state index contributed by atoms with van der Waals surface area (Å²) >= 11 is 0.759. The topological polar surface area (TPSA) is 110 Å². The molecule has 1 heterocycles. The van der Waals surface area contributed by atoms with Gasteiger partial charge < -0.3 is 9.84 Å². The van der Waals surface area contributed by atoms with Crippen LogP contribution in [-0.2, 0) is 11.3 Å². The van der Waals surface area contributed by atoms with Crippen LogP contribution in [0.3, 0.4) is 0 Å². The molecule has 144 valence electrons. The van der Waals surface area contributed by atoms with E-state index in [0.717, 1.165) is 16.7 Å². The molecule has 2 aromatic rings. The van der Waals surface area contributed by atoms with Crippen molar-refractivity contribution in [3.05, 3.63) is 68.6 Å². The van der Waals surface area contributed by atoms with Crippen molar-refractivity contribution in [2.45, 2.75) is 13.5 Å². The summed E-state index contributed by atoms with van der Waals surface area (Å²) in [6, 6.07) is 10.6. The molecular formula is C19H16N2O6S. The minimum absolute atomic E-state index is 0.0245. The zero-order valence-corrected chi connectivity index (χ0v) is 15.6. The number of imide groups is 1. The fraction of sp³-hybridized carbons (Fsp3) is 0.158. The number of para-hydroxylation sites is 1. The lowest BCUT2D eigenvalue weighted by Gasteiger charge is -2.12. The fourth-order valence-corrected chi connectivity index (χ4v) is 3.51. The van der Waals surface area contributed by atoms with E-state index in [1.165, 1.54) is 30.3 Å². The summed E-state index contributed by atoms with van der Waals surface area (Å²) in [5.74, 6) is -0.280. The predicted molar refractivity (Wildman–Crippen MR) is 104 cm³/mol. The quantitative estimate of drug-likeness (QED) is 0.444. The molecule has 0 atom stereocenters. The van der Waals surface area contributed by atoms with E-state index >= 15 is 0 Å². The van der Waals surface area contributed by atoms with Gasteiger partial charge in [0.05, 0.1) is 23.0 Å². The zero-order valence-electron chi connectivity index (χ0n) is 14.8. The van der Waals surface area contributed by atoms with Gasteiger partial charge in [-0.2, -0.15) is 0 Å². The molecule has 2 amide bonds. The second kappa shape index (κ2) is 8.13. The highest BCUT2D eigenvalue weighted by atomic mass is 32.2. The highest BCUT2D eigenvalue weighted by Crippen LogP contribution is 2.35. The number of thioether (sulfide) groups is 1. The molecule has 0 aromatic heterocycles. The van der Waals surface area contributed by atoms with Gasteiger partial charge in [-0.05, 0) is 42.5 Å². The van der Waals surface area contributed by atoms with Crippen molar-refractivity contribution in [2.75, 3.05) is 6.61 Å². The lowest BCUT2D eigenvalue weighted by molar-refractivity contribution is -0.385. The number of aromatic hydroxyl groups is 1. The van der Waals surface area contributed by atoms with Gasteiger partial charge in [-0.3, -0.25) is 24.6 Å². The predicted octanol–water partition coefficient (Wildman–Crippen LogP) is 3.94. The zero-order chi connectivity index (χ0) is 20.3. The van der Waals surface area contributed by atoms with Crippen molar-refractivity contribution < 1.29 is 24.4 Å². The van der Waals surface area contributed by atoms with E-state index in [1.807, 2.05) is 0 Å². The maximum atomic E-state index is 12.6. The molecular weight excluding hydrogens is 384 g/mol. The van der Waals surface area contributed by atoms with Crippen LogP contribution in [0.25, 0.3) is 6.08 Å². The maximum Gasteiger partial charge on any atom is 0.293 e. The van der Waals surface area contributed by atoms with Crippen LogP contribution >= 0.6 is 11.8 Å². The molecule has 1 fully saturated rings. The van der Waals surface area contributed by atoms with E-state index in [2.05, 4.69) is 0 Å². The van der Waals surface area contributed by atoms with Gasteiger partial charge >= 0.3 is 0 Å². The number of rotatable bonds is 6. The van der Waals surface area contributed by atoms with Gasteiger partial charge in [0.15, 0.2) is 11.5 Å². The number of phenols is 1. The summed E-state index contributed by atoms with van der Waals surface area (Å²) in [5.41, 5.74) is 0.710. The van der Waals surface area contributed by atoms with Crippen LogP contribution in [0.1, 0.15) is 18.1 Å². The Labute approximate surface area is 164 Å². The van der Waals surface area contributed by atoms with Crippen LogP contribution in [0.2, 0.25) is 0 Å². The van der Waals surface area contributed by atoms with Gasteiger partial charge in [0, 0.05) is 11.6 Å². The van der Waals surface area contributed by atoms with Gasteiger partial charge in [0.25, 0.3) is 16.8 Å². The molecule has 0 aliphatic carbocycles. The van der Waals surface area contributed by atoms with Crippen molar-refractivity contribution in [1.29, 1.82) is 0 Å². The molecule has 2 aromatic carbocycles. The Bertz CT molecular complexity index is 988. The first kappa shape index (κ1) is 19.4. The summed E-state index contributed by atoms with van der Waals surface area (Å²) in [6.45, 7) is 1.96. The molecule has 0 radical (unpaired) electrons. The molecule has 3 rings (SSSR count). The highest BCUT2D eigenvalue weighted by Gasteiger charge is 2.36. The van der Waals surface area contributed by atoms with Gasteiger partial charge in [0.2, 0.25) is 0 Å². The SMILES string of the molecule is CCOc1cc(/C=C2/SC(=O)N(Cc3ccccc3[N+](=O)[O-])C2=O)ccc1O. The Morgan fingerprint density at radius 2 is 2.00 bits per heavy atom. The first-order chi connectivity index (χ1) is 13.4. The normalized spacial score (nSPS) is 15.3. The molecule has 1 N–H and O–H groups in total. The third kappa shape index (κ3) is 3.99. The average molecular weight is 400 g/mol. The monoisotopic (exact) mass is 400 g/mol. The molecule has 8 nitrogen and oxygen atoms in total. The second-order valence-corrected chi connectivity index (χ2v) is 6.81. The van der Waals surface area contributed by atoms with E-state index in [1.54, 1.807) is 25.1 Å². The average Bonchev–Trinajstić information content (AvgIpc) is 2.92. The number of carbonyl (C=O) groups excluding carboxylic acids is 2. The van der Waals surface area contributed by atoms with E-state index < -0.39 is 16.1 Å². The van der Waals surface area contributed by atoms with Crippen LogP contribution in [0.5, 0.6) is 11.5 Å². The molecule has 1 saturated heterocycles. The number of nitro groups is 1. The molecule has 0 unspecified atom stereocenters. The molecule has 28 heavy (non-hydrogen) atoms. The number of nitro benzene ring substituents is 1. The Balaban J connectivity index is 1.85. The minimum Gasteiger partial charge on any atom is -0.504 e. The summed E-state index contributed by atoms with van der Waals surface area (Å²) < 4.78 is 5.31. The van der Waals surface area contributed by atoms with E-state index in [9.17, 15) is 24.8 Å². The Hall–Kier alpha value is -3.33. The standard InChI is InChI=1S/C19H16N2O6S/c1-2-27-16-9-12(7-8-15(16)22)10-17-18(23)20(19(24)28-17)11-13-5-3-4-6-14(13)21(25)26/h3-10,22H,2,11H2,1H3/b17-10+. The maximum absolute atomic E-state index is 12.6. The molecule has 0 bridgehead atoms. The van der Waals surface area contributed by atoms with E-state index in [0.29, 0.717) is 12.2 Å². The Morgan fingerprint density at radius 3 is 2.71 bits per heavy atom. The molecule has 1 aliphatic heterocycles. The van der Waals surface area contributed by atoms with Gasteiger partial charge in [-0.1, -0.05) is 24.3 Å². The van der Waals surface area contributed by atoms with Crippen LogP contribution in [0.4, 0.5) is 10.5 Å². The van der Waals surface area contributed by atoms with E-state index in [4.69, 9.17) is 4.74 Å². The van der Waals surface area contributed by atoms with Crippen molar-refractivity contribution in [2.24, 2.45) is 0 Å². The minimum atomic E-state index is -0.546. The van der Waals surface area contributed by atoms with Gasteiger partial charge in [0.1, 0.15) is 0 Å². The number of hydrogen-bond acceptors (Lipinski definition) is 7. The number of hydrogen-bond donors (Lipinski definition) is 1. The van der Waals surface area contributed by atoms with Crippen molar-refractivity contribution in [3.63, 3.8) is 0 Å². The van der Waals surface area contributed by atoms with Crippen molar-refractivity contribution >= 4 is 34.7 Å². The first-order valence-corrected chi connectivity index (χ1v) is 9.15. The second-order valence-electron chi connectivity index (χ2n) is 5.81. The van der Waals surface area contributed by atoms with Crippen LogP contribution in [0.15, 0.2) is 47.4 Å². The molecule has 9 heteroatoms. The number of ether oxygens (including phenoxy) is 1. The summed E-state index contributed by atoms with van der Waals surface area (Å²) in [7, 11) is 0. The highest BCUT2D eigenvalue weighted by molar-refractivity contribution is 8.18. The number of benzene rings is 2. The number of nitrogens with zero attached hydrogens (tertiary/aromatic N) is 2. The third-order valence-corrected chi connectivity index (χ3v) is 4.88. The van der Waals surface area contributed by atoms with Crippen LogP contribution in [0, 0.1) is 10.1 Å². The Kier molecular flexibility index (Phi) is 5.65. The fourth-order valence-electron chi connectivity index (χ4n) is 2.67. The largest absolute Gasteiger partial charge is 0.504 e. The van der Waals surface area contributed by atoms with E-state index in [-0.39, 0.29) is 34.2 Å². The van der Waals surface area contributed by atoms with Crippen molar-refractivity contribution in [3.8, 4) is 11.5 Å². The number of amides is 2. The molecule has 0 spiro atoms. The van der Waals surface area contributed by atoms with Gasteiger partial charge in [-0.25, -0.2) is 0 Å². The van der Waals surface area contributed by atoms with Crippen LogP contribution in [-0.4, -0.2) is 32.7 Å². The summed E-state index contributed by atoms with van der Waals surface area (Å²) in [4.78, 5) is 36.7.